The Labute approximate surface area is 149 Å². The first-order chi connectivity index (χ1) is 10.0. The van der Waals surface area contributed by atoms with E-state index in [0.29, 0.717) is 36.0 Å². The number of hydrogen-bond donors (Lipinski definition) is 2. The lowest BCUT2D eigenvalue weighted by atomic mass is 9.75. The molecule has 1 aromatic carbocycles. The third kappa shape index (κ3) is 5.02. The van der Waals surface area contributed by atoms with Crippen LogP contribution in [-0.2, 0) is 10.2 Å². The third-order valence-corrected chi connectivity index (χ3v) is 4.77. The Morgan fingerprint density at radius 2 is 1.82 bits per heavy atom. The van der Waals surface area contributed by atoms with E-state index in [0.717, 1.165) is 18.4 Å². The van der Waals surface area contributed by atoms with Crippen LogP contribution in [0.15, 0.2) is 18.2 Å². The molecule has 6 heteroatoms. The lowest BCUT2D eigenvalue weighted by Crippen LogP contribution is -2.44. The lowest BCUT2D eigenvalue weighted by Gasteiger charge is -2.31. The van der Waals surface area contributed by atoms with Crippen molar-refractivity contribution in [1.29, 1.82) is 0 Å². The van der Waals surface area contributed by atoms with E-state index in [9.17, 15) is 4.79 Å². The van der Waals surface area contributed by atoms with Gasteiger partial charge in [-0.2, -0.15) is 0 Å². The van der Waals surface area contributed by atoms with Crippen LogP contribution in [0.3, 0.4) is 0 Å². The number of halogens is 3. The van der Waals surface area contributed by atoms with Crippen molar-refractivity contribution in [2.45, 2.75) is 44.9 Å². The van der Waals surface area contributed by atoms with Crippen molar-refractivity contribution in [2.24, 2.45) is 5.73 Å². The largest absolute Gasteiger partial charge is 0.355 e. The Morgan fingerprint density at radius 3 is 2.32 bits per heavy atom. The van der Waals surface area contributed by atoms with Gasteiger partial charge in [0.25, 0.3) is 0 Å². The minimum absolute atomic E-state index is 0. The predicted octanol–water partition coefficient (Wildman–Crippen LogP) is 4.33. The van der Waals surface area contributed by atoms with E-state index >= 15 is 0 Å². The molecule has 0 aromatic heterocycles. The van der Waals surface area contributed by atoms with Crippen molar-refractivity contribution < 1.29 is 4.79 Å². The van der Waals surface area contributed by atoms with Gasteiger partial charge in [-0.1, -0.05) is 43.1 Å². The Bertz CT molecular complexity index is 476. The molecular weight excluding hydrogens is 343 g/mol. The first-order valence-electron chi connectivity index (χ1n) is 7.45. The fourth-order valence-corrected chi connectivity index (χ4v) is 2.84. The number of carbonyl (C=O) groups is 1. The topological polar surface area (TPSA) is 55.1 Å². The van der Waals surface area contributed by atoms with Crippen LogP contribution in [0, 0.1) is 0 Å². The van der Waals surface area contributed by atoms with Crippen LogP contribution >= 0.6 is 35.6 Å². The maximum absolute atomic E-state index is 12.7. The van der Waals surface area contributed by atoms with E-state index in [1.165, 1.54) is 0 Å². The molecule has 1 aromatic rings. The summed E-state index contributed by atoms with van der Waals surface area (Å²) in [6.45, 7) is 5.34. The standard InChI is InChI=1S/C16H24Cl2N2O.ClH/c1-3-16(4-2,15(21)20-10-6-5-9-19)12-7-8-13(17)14(18)11-12;/h7-8,11H,3-6,9-10,19H2,1-2H3,(H,20,21);1H. The van der Waals surface area contributed by atoms with E-state index in [4.69, 9.17) is 28.9 Å². The molecule has 126 valence electrons. The number of nitrogens with two attached hydrogens (primary N) is 1. The quantitative estimate of drug-likeness (QED) is 0.672. The van der Waals surface area contributed by atoms with Gasteiger partial charge < -0.3 is 11.1 Å². The minimum atomic E-state index is -0.559. The second kappa shape index (κ2) is 10.3. The summed E-state index contributed by atoms with van der Waals surface area (Å²) in [7, 11) is 0. The second-order valence-electron chi connectivity index (χ2n) is 5.17. The highest BCUT2D eigenvalue weighted by atomic mass is 35.5. The van der Waals surface area contributed by atoms with Crippen LogP contribution in [0.5, 0.6) is 0 Å². The van der Waals surface area contributed by atoms with E-state index in [1.54, 1.807) is 12.1 Å². The summed E-state index contributed by atoms with van der Waals surface area (Å²) in [6, 6.07) is 5.44. The van der Waals surface area contributed by atoms with Gasteiger partial charge in [0, 0.05) is 6.54 Å². The Morgan fingerprint density at radius 1 is 1.18 bits per heavy atom. The van der Waals surface area contributed by atoms with E-state index in [-0.39, 0.29) is 18.3 Å². The highest BCUT2D eigenvalue weighted by Gasteiger charge is 2.36. The Balaban J connectivity index is 0.00000441. The van der Waals surface area contributed by atoms with Crippen LogP contribution in [0.4, 0.5) is 0 Å². The molecule has 0 spiro atoms. The van der Waals surface area contributed by atoms with Gasteiger partial charge in [0.15, 0.2) is 0 Å². The molecule has 1 rings (SSSR count). The van der Waals surface area contributed by atoms with Crippen molar-refractivity contribution in [2.75, 3.05) is 13.1 Å². The Kier molecular flexibility index (Phi) is 10.1. The van der Waals surface area contributed by atoms with Crippen molar-refractivity contribution in [1.82, 2.24) is 5.32 Å². The molecule has 0 aliphatic carbocycles. The van der Waals surface area contributed by atoms with Crippen molar-refractivity contribution in [3.05, 3.63) is 33.8 Å². The molecule has 3 N–H and O–H groups in total. The molecule has 0 fully saturated rings. The lowest BCUT2D eigenvalue weighted by molar-refractivity contribution is -0.127. The van der Waals surface area contributed by atoms with Crippen molar-refractivity contribution in [3.8, 4) is 0 Å². The van der Waals surface area contributed by atoms with Gasteiger partial charge in [-0.15, -0.1) is 12.4 Å². The van der Waals surface area contributed by atoms with Gasteiger partial charge in [0.2, 0.25) is 5.91 Å². The predicted molar refractivity (Wildman–Crippen MR) is 97.3 cm³/mol. The average molecular weight is 368 g/mol. The fourth-order valence-electron chi connectivity index (χ4n) is 2.54. The maximum atomic E-state index is 12.7. The van der Waals surface area contributed by atoms with Crippen molar-refractivity contribution in [3.63, 3.8) is 0 Å². The summed E-state index contributed by atoms with van der Waals surface area (Å²) >= 11 is 12.1. The highest BCUT2D eigenvalue weighted by molar-refractivity contribution is 6.42. The van der Waals surface area contributed by atoms with Crippen molar-refractivity contribution >= 4 is 41.5 Å². The van der Waals surface area contributed by atoms with E-state index in [1.807, 2.05) is 19.9 Å². The molecule has 0 unspecified atom stereocenters. The van der Waals surface area contributed by atoms with Crippen LogP contribution < -0.4 is 11.1 Å². The minimum Gasteiger partial charge on any atom is -0.355 e. The molecular formula is C16H25Cl3N2O. The van der Waals surface area contributed by atoms with Gasteiger partial charge in [0.05, 0.1) is 15.5 Å². The number of amides is 1. The zero-order valence-electron chi connectivity index (χ0n) is 13.1. The number of nitrogens with one attached hydrogen (secondary N) is 1. The zero-order chi connectivity index (χ0) is 15.9. The summed E-state index contributed by atoms with van der Waals surface area (Å²) in [5.41, 5.74) is 5.82. The molecule has 0 aliphatic heterocycles. The summed E-state index contributed by atoms with van der Waals surface area (Å²) in [6.07, 6.45) is 3.24. The molecule has 22 heavy (non-hydrogen) atoms. The molecule has 0 heterocycles. The smallest absolute Gasteiger partial charge is 0.230 e. The first kappa shape index (κ1) is 21.5. The zero-order valence-corrected chi connectivity index (χ0v) is 15.5. The van der Waals surface area contributed by atoms with Gasteiger partial charge in [-0.25, -0.2) is 0 Å². The van der Waals surface area contributed by atoms with Gasteiger partial charge in [-0.3, -0.25) is 4.79 Å². The van der Waals surface area contributed by atoms with E-state index < -0.39 is 5.41 Å². The molecule has 0 saturated heterocycles. The average Bonchev–Trinajstić information content (AvgIpc) is 2.49. The SMILES string of the molecule is CCC(CC)(C(=O)NCCCCN)c1ccc(Cl)c(Cl)c1.Cl. The molecule has 0 bridgehead atoms. The number of rotatable bonds is 8. The third-order valence-electron chi connectivity index (χ3n) is 4.03. The molecule has 0 radical (unpaired) electrons. The normalized spacial score (nSPS) is 11.0. The summed E-state index contributed by atoms with van der Waals surface area (Å²) in [5.74, 6) is 0.0444. The summed E-state index contributed by atoms with van der Waals surface area (Å²) in [5, 5.41) is 4.01. The number of hydrogen-bond acceptors (Lipinski definition) is 2. The van der Waals surface area contributed by atoms with Crippen LogP contribution in [0.1, 0.15) is 45.1 Å². The second-order valence-corrected chi connectivity index (χ2v) is 5.98. The molecule has 1 amide bonds. The number of carbonyl (C=O) groups excluding carboxylic acids is 1. The molecule has 0 atom stereocenters. The Hall–Kier alpha value is -0.480. The fraction of sp³-hybridized carbons (Fsp3) is 0.562. The van der Waals surface area contributed by atoms with Gasteiger partial charge in [0.1, 0.15) is 0 Å². The van der Waals surface area contributed by atoms with Gasteiger partial charge in [-0.05, 0) is 49.9 Å². The number of unbranched alkanes of at least 4 members (excludes halogenated alkanes) is 1. The van der Waals surface area contributed by atoms with Crippen LogP contribution in [-0.4, -0.2) is 19.0 Å². The molecule has 0 aliphatic rings. The summed E-state index contributed by atoms with van der Waals surface area (Å²) < 4.78 is 0. The monoisotopic (exact) mass is 366 g/mol. The van der Waals surface area contributed by atoms with E-state index in [2.05, 4.69) is 5.32 Å². The maximum Gasteiger partial charge on any atom is 0.230 e. The summed E-state index contributed by atoms with van der Waals surface area (Å²) in [4.78, 5) is 12.7. The molecule has 3 nitrogen and oxygen atoms in total. The van der Waals surface area contributed by atoms with Crippen LogP contribution in [0.2, 0.25) is 10.0 Å². The van der Waals surface area contributed by atoms with Gasteiger partial charge >= 0.3 is 0 Å². The van der Waals surface area contributed by atoms with Crippen LogP contribution in [0.25, 0.3) is 0 Å². The first-order valence-corrected chi connectivity index (χ1v) is 8.21. The highest BCUT2D eigenvalue weighted by Crippen LogP contribution is 2.35. The molecule has 0 saturated carbocycles. The number of benzene rings is 1.